The van der Waals surface area contributed by atoms with Crippen molar-refractivity contribution in [3.63, 3.8) is 0 Å². The number of hydrogen-bond acceptors (Lipinski definition) is 18. The lowest BCUT2D eigenvalue weighted by molar-refractivity contribution is -0.379. The summed E-state index contributed by atoms with van der Waals surface area (Å²) in [6.45, 7) is 1.55. The fourth-order valence-electron chi connectivity index (χ4n) is 10.7. The number of nitrogens with one attached hydrogen (secondary N) is 1. The summed E-state index contributed by atoms with van der Waals surface area (Å²) in [7, 11) is 0. The topological polar surface area (TPSA) is 307 Å². The Morgan fingerprint density at radius 2 is 0.790 bits per heavy atom. The number of ether oxygens (including phenoxy) is 6. The summed E-state index contributed by atoms with van der Waals surface area (Å²) in [4.78, 5) is 13.0. The van der Waals surface area contributed by atoms with Crippen molar-refractivity contribution in [3.8, 4) is 0 Å². The number of aliphatic hydroxyl groups is 11. The number of unbranched alkanes of at least 4 members (excludes halogenated alkanes) is 27. The first-order valence-electron chi connectivity index (χ1n) is 31.7. The average Bonchev–Trinajstić information content (AvgIpc) is 3.46. The highest BCUT2D eigenvalue weighted by atomic mass is 16.8. The number of aliphatic hydroxyl groups excluding tert-OH is 11. The molecule has 0 bridgehead atoms. The second-order valence-corrected chi connectivity index (χ2v) is 22.9. The maximum Gasteiger partial charge on any atom is 0.220 e. The SMILES string of the molecule is CCCCCCCCCCCCCCCCCCCCCCCC/C=C/CC/C=C/CC/C=C/C(O)C(COC1OC(CO)C(OC2OC(CO)C(OC3OC(CO)C(O)C(O)C3O)C(O)C2O)C(O)C1O)NC(=O)CCCCCC. The molecular formula is C62H113NO18. The van der Waals surface area contributed by atoms with Crippen molar-refractivity contribution in [2.75, 3.05) is 26.4 Å². The summed E-state index contributed by atoms with van der Waals surface area (Å²) in [5, 5.41) is 119. The zero-order valence-electron chi connectivity index (χ0n) is 49.5. The first-order chi connectivity index (χ1) is 39.3. The summed E-state index contributed by atoms with van der Waals surface area (Å²) in [6.07, 6.45) is 24.1. The van der Waals surface area contributed by atoms with Crippen LogP contribution in [0.15, 0.2) is 36.5 Å². The van der Waals surface area contributed by atoms with Gasteiger partial charge in [-0.15, -0.1) is 0 Å². The summed E-state index contributed by atoms with van der Waals surface area (Å²) in [6, 6.07) is -0.990. The standard InChI is InChI=1S/C62H113NO18/c1-3-5-7-9-10-11-12-13-14-15-16-17-18-19-20-21-22-23-24-25-26-27-28-29-30-31-32-33-34-35-36-37-39-46(67)45(63-50(68)40-38-8-6-4-2)44-76-60-56(74)53(71)58(48(42-65)78-60)81-62-57(75)54(72)59(49(43-66)79-62)80-61-55(73)52(70)51(69)47(41-64)77-61/h29-30,33-34,37,39,45-49,51-62,64-67,69-75H,3-28,31-32,35-36,38,40-44H2,1-2H3,(H,63,68)/b30-29+,34-33+,39-37+. The molecule has 19 heteroatoms. The van der Waals surface area contributed by atoms with E-state index in [1.807, 2.05) is 6.08 Å². The van der Waals surface area contributed by atoms with E-state index in [1.165, 1.54) is 141 Å². The third-order valence-corrected chi connectivity index (χ3v) is 15.9. The van der Waals surface area contributed by atoms with E-state index in [-0.39, 0.29) is 18.9 Å². The molecule has 3 heterocycles. The van der Waals surface area contributed by atoms with Gasteiger partial charge in [-0.3, -0.25) is 4.79 Å². The van der Waals surface area contributed by atoms with E-state index in [0.29, 0.717) is 12.8 Å². The van der Waals surface area contributed by atoms with Crippen molar-refractivity contribution in [3.05, 3.63) is 36.5 Å². The van der Waals surface area contributed by atoms with Gasteiger partial charge in [-0.25, -0.2) is 0 Å². The molecule has 3 fully saturated rings. The number of amides is 1. The molecule has 17 unspecified atom stereocenters. The predicted molar refractivity (Wildman–Crippen MR) is 309 cm³/mol. The minimum Gasteiger partial charge on any atom is -0.394 e. The van der Waals surface area contributed by atoms with Crippen molar-refractivity contribution < 1.29 is 89.4 Å². The average molecular weight is 1160 g/mol. The van der Waals surface area contributed by atoms with Crippen LogP contribution in [0.5, 0.6) is 0 Å². The van der Waals surface area contributed by atoms with Crippen LogP contribution in [-0.4, -0.2) is 193 Å². The lowest BCUT2D eigenvalue weighted by Gasteiger charge is -2.48. The summed E-state index contributed by atoms with van der Waals surface area (Å²) >= 11 is 0. The van der Waals surface area contributed by atoms with Crippen LogP contribution in [0.1, 0.15) is 219 Å². The van der Waals surface area contributed by atoms with E-state index in [0.717, 1.165) is 44.9 Å². The van der Waals surface area contributed by atoms with E-state index in [4.69, 9.17) is 28.4 Å². The highest BCUT2D eigenvalue weighted by Crippen LogP contribution is 2.33. The van der Waals surface area contributed by atoms with Crippen molar-refractivity contribution in [2.45, 2.75) is 324 Å². The molecule has 1 amide bonds. The molecule has 0 spiro atoms. The lowest BCUT2D eigenvalue weighted by Crippen LogP contribution is -2.66. The van der Waals surface area contributed by atoms with Gasteiger partial charge in [-0.05, 0) is 44.9 Å². The maximum absolute atomic E-state index is 13.0. The van der Waals surface area contributed by atoms with E-state index in [9.17, 15) is 61.0 Å². The number of carbonyl (C=O) groups is 1. The van der Waals surface area contributed by atoms with Gasteiger partial charge in [0, 0.05) is 6.42 Å². The van der Waals surface area contributed by atoms with Gasteiger partial charge in [0.2, 0.25) is 5.91 Å². The third kappa shape index (κ3) is 28.8. The third-order valence-electron chi connectivity index (χ3n) is 15.9. The van der Waals surface area contributed by atoms with Crippen molar-refractivity contribution in [1.82, 2.24) is 5.32 Å². The number of rotatable bonds is 47. The van der Waals surface area contributed by atoms with Crippen LogP contribution >= 0.6 is 0 Å². The molecule has 3 aliphatic heterocycles. The van der Waals surface area contributed by atoms with E-state index < -0.39 is 124 Å². The van der Waals surface area contributed by atoms with E-state index in [1.54, 1.807) is 6.08 Å². The van der Waals surface area contributed by atoms with Gasteiger partial charge in [0.15, 0.2) is 18.9 Å². The quantitative estimate of drug-likeness (QED) is 0.0229. The molecule has 0 aromatic carbocycles. The fourth-order valence-corrected chi connectivity index (χ4v) is 10.7. The van der Waals surface area contributed by atoms with Crippen LogP contribution in [0.25, 0.3) is 0 Å². The molecule has 81 heavy (non-hydrogen) atoms. The molecule has 19 nitrogen and oxygen atoms in total. The molecule has 12 N–H and O–H groups in total. The first-order valence-corrected chi connectivity index (χ1v) is 31.7. The van der Waals surface area contributed by atoms with Crippen LogP contribution in [0, 0.1) is 0 Å². The highest BCUT2D eigenvalue weighted by Gasteiger charge is 2.53. The van der Waals surface area contributed by atoms with Gasteiger partial charge in [0.1, 0.15) is 73.2 Å². The second kappa shape index (κ2) is 45.3. The summed E-state index contributed by atoms with van der Waals surface area (Å²) in [5.41, 5.74) is 0. The largest absolute Gasteiger partial charge is 0.394 e. The van der Waals surface area contributed by atoms with Gasteiger partial charge in [-0.1, -0.05) is 204 Å². The predicted octanol–water partition coefficient (Wildman–Crippen LogP) is 6.49. The van der Waals surface area contributed by atoms with Gasteiger partial charge < -0.3 is 89.9 Å². The van der Waals surface area contributed by atoms with Crippen LogP contribution in [0.4, 0.5) is 0 Å². The smallest absolute Gasteiger partial charge is 0.220 e. The van der Waals surface area contributed by atoms with Gasteiger partial charge in [0.05, 0.1) is 38.6 Å². The number of hydrogen-bond donors (Lipinski definition) is 12. The van der Waals surface area contributed by atoms with Gasteiger partial charge in [0.25, 0.3) is 0 Å². The normalized spacial score (nSPS) is 30.0. The molecule has 0 aromatic heterocycles. The van der Waals surface area contributed by atoms with Crippen LogP contribution in [-0.2, 0) is 33.2 Å². The minimum absolute atomic E-state index is 0.223. The van der Waals surface area contributed by atoms with E-state index in [2.05, 4.69) is 43.5 Å². The van der Waals surface area contributed by atoms with Crippen molar-refractivity contribution >= 4 is 5.91 Å². The molecule has 3 saturated heterocycles. The molecule has 3 aliphatic rings. The number of carbonyl (C=O) groups excluding carboxylic acids is 1. The highest BCUT2D eigenvalue weighted by molar-refractivity contribution is 5.76. The lowest BCUT2D eigenvalue weighted by atomic mass is 9.96. The van der Waals surface area contributed by atoms with Crippen LogP contribution in [0.2, 0.25) is 0 Å². The minimum atomic E-state index is -1.98. The first kappa shape index (κ1) is 73.3. The van der Waals surface area contributed by atoms with Crippen molar-refractivity contribution in [2.24, 2.45) is 0 Å². The molecule has 0 aliphatic carbocycles. The molecule has 3 rings (SSSR count). The molecule has 0 radical (unpaired) electrons. The fraction of sp³-hybridized carbons (Fsp3) is 0.887. The van der Waals surface area contributed by atoms with E-state index >= 15 is 0 Å². The van der Waals surface area contributed by atoms with Gasteiger partial charge >= 0.3 is 0 Å². The molecule has 474 valence electrons. The summed E-state index contributed by atoms with van der Waals surface area (Å²) < 4.78 is 34.0. The Hall–Kier alpha value is -1.99. The van der Waals surface area contributed by atoms with Crippen molar-refractivity contribution in [1.29, 1.82) is 0 Å². The Labute approximate surface area is 485 Å². The Bertz CT molecular complexity index is 1620. The van der Waals surface area contributed by atoms with Crippen LogP contribution in [0.3, 0.4) is 0 Å². The monoisotopic (exact) mass is 1160 g/mol. The van der Waals surface area contributed by atoms with Crippen LogP contribution < -0.4 is 5.32 Å². The Morgan fingerprint density at radius 1 is 0.432 bits per heavy atom. The second-order valence-electron chi connectivity index (χ2n) is 22.9. The zero-order chi connectivity index (χ0) is 59.0. The molecule has 17 atom stereocenters. The Kier molecular flexibility index (Phi) is 41.0. The maximum atomic E-state index is 13.0. The number of allylic oxidation sites excluding steroid dienone is 5. The Balaban J connectivity index is 1.33. The van der Waals surface area contributed by atoms with Gasteiger partial charge in [-0.2, -0.15) is 0 Å². The molecular weight excluding hydrogens is 1050 g/mol. The molecule has 0 saturated carbocycles. The Morgan fingerprint density at radius 3 is 1.23 bits per heavy atom. The summed E-state index contributed by atoms with van der Waals surface area (Å²) in [5.74, 6) is -0.308. The zero-order valence-corrected chi connectivity index (χ0v) is 49.5. The molecule has 0 aromatic rings.